The van der Waals surface area contributed by atoms with Crippen LogP contribution in [0.25, 0.3) is 16.3 Å². The highest BCUT2D eigenvalue weighted by Crippen LogP contribution is 2.47. The summed E-state index contributed by atoms with van der Waals surface area (Å²) in [5.74, 6) is -0.279. The largest absolute Gasteiger partial charge is 0.497 e. The Labute approximate surface area is 259 Å². The third-order valence-electron chi connectivity index (χ3n) is 6.58. The molecule has 4 rings (SSSR count). The number of ether oxygens (including phenoxy) is 1. The van der Waals surface area contributed by atoms with E-state index in [9.17, 15) is 30.7 Å². The second kappa shape index (κ2) is 13.8. The monoisotopic (exact) mass is 668 g/mol. The number of thioether (sulfide) groups is 1. The number of nitrogens with zero attached hydrogens (tertiary/aromatic N) is 2. The molecule has 1 aromatic heterocycles. The molecule has 232 valence electrons. The van der Waals surface area contributed by atoms with E-state index in [1.54, 1.807) is 18.4 Å². The number of hydrogen-bond acceptors (Lipinski definition) is 9. The molecule has 2 heterocycles. The van der Waals surface area contributed by atoms with Gasteiger partial charge in [0, 0.05) is 36.5 Å². The normalized spacial score (nSPS) is 14.9. The lowest BCUT2D eigenvalue weighted by Crippen LogP contribution is -2.36. The molecule has 0 bridgehead atoms. The number of fused-ring (bicyclic) bond motifs is 2. The molecule has 2 aromatic carbocycles. The highest BCUT2D eigenvalue weighted by molar-refractivity contribution is 8.03. The molecule has 0 atom stereocenters. The topological polar surface area (TPSA) is 154 Å². The molecule has 1 aliphatic rings. The Morgan fingerprint density at radius 3 is 2.44 bits per heavy atom. The number of thiazole rings is 1. The minimum Gasteiger partial charge on any atom is -0.497 e. The molecule has 3 aromatic rings. The van der Waals surface area contributed by atoms with Gasteiger partial charge in [0.2, 0.25) is 11.4 Å². The van der Waals surface area contributed by atoms with E-state index in [1.165, 1.54) is 18.7 Å². The van der Waals surface area contributed by atoms with Gasteiger partial charge in [0.05, 0.1) is 35.4 Å². The molecule has 3 N–H and O–H groups in total. The number of carbonyl (C=O) groups excluding carboxylic acids is 1. The average molecular weight is 669 g/mol. The standard InChI is InChI=1S/C28H33N3O8S4/c1-4-20(16-28-31(12-6-14-43(36,37)38)24-18-22(39-3)8-10-26(24)41-28)15-27-30(11-5-13-42(33,34)35)23-17-21(29-19(2)32)7-9-25(23)40-27/h7-10,15-18H,4-6,11-14H2,1-3H3,(H2-,29,32,33,34,35,36,37,38)/p+1. The van der Waals surface area contributed by atoms with Gasteiger partial charge in [0.15, 0.2) is 6.54 Å². The van der Waals surface area contributed by atoms with Crippen LogP contribution in [0.4, 0.5) is 11.4 Å². The number of aromatic nitrogens is 1. The summed E-state index contributed by atoms with van der Waals surface area (Å²) < 4.78 is 72.6. The summed E-state index contributed by atoms with van der Waals surface area (Å²) in [6.07, 6.45) is 5.15. The maximum absolute atomic E-state index is 11.6. The van der Waals surface area contributed by atoms with Gasteiger partial charge < -0.3 is 15.0 Å². The summed E-state index contributed by atoms with van der Waals surface area (Å²) in [5.41, 5.74) is 3.29. The highest BCUT2D eigenvalue weighted by Gasteiger charge is 2.27. The van der Waals surface area contributed by atoms with Crippen LogP contribution in [0.1, 0.15) is 38.1 Å². The van der Waals surface area contributed by atoms with E-state index in [2.05, 4.69) is 5.32 Å². The van der Waals surface area contributed by atoms with Crippen molar-refractivity contribution in [1.82, 2.24) is 0 Å². The second-order valence-electron chi connectivity index (χ2n) is 9.88. The molecule has 1 aliphatic heterocycles. The molecule has 1 amide bonds. The van der Waals surface area contributed by atoms with Crippen LogP contribution in [0.3, 0.4) is 0 Å². The van der Waals surface area contributed by atoms with Crippen LogP contribution >= 0.6 is 23.1 Å². The van der Waals surface area contributed by atoms with E-state index in [4.69, 9.17) is 4.74 Å². The summed E-state index contributed by atoms with van der Waals surface area (Å²) in [4.78, 5) is 14.6. The molecule has 0 aliphatic carbocycles. The first-order valence-electron chi connectivity index (χ1n) is 13.5. The van der Waals surface area contributed by atoms with Gasteiger partial charge in [0.1, 0.15) is 10.4 Å². The summed E-state index contributed by atoms with van der Waals surface area (Å²) in [7, 11) is -6.65. The van der Waals surface area contributed by atoms with Gasteiger partial charge in [-0.3, -0.25) is 13.9 Å². The Morgan fingerprint density at radius 1 is 1.07 bits per heavy atom. The number of benzene rings is 2. The number of methoxy groups -OCH3 is 1. The number of allylic oxidation sites excluding steroid dienone is 2. The lowest BCUT2D eigenvalue weighted by atomic mass is 10.2. The molecule has 15 heteroatoms. The summed E-state index contributed by atoms with van der Waals surface area (Å²) in [6.45, 7) is 4.13. The average Bonchev–Trinajstić information content (AvgIpc) is 3.43. The fourth-order valence-electron chi connectivity index (χ4n) is 4.64. The third kappa shape index (κ3) is 9.03. The molecule has 0 saturated heterocycles. The lowest BCUT2D eigenvalue weighted by Gasteiger charge is -2.21. The van der Waals surface area contributed by atoms with Crippen molar-refractivity contribution in [2.75, 3.05) is 35.4 Å². The van der Waals surface area contributed by atoms with Crippen molar-refractivity contribution >= 4 is 76.9 Å². The fraction of sp³-hybridized carbons (Fsp3) is 0.357. The molecule has 0 saturated carbocycles. The summed E-state index contributed by atoms with van der Waals surface area (Å²) in [6, 6.07) is 11.3. The first kappa shape index (κ1) is 33.0. The Hall–Kier alpha value is -2.95. The molecule has 43 heavy (non-hydrogen) atoms. The van der Waals surface area contributed by atoms with Gasteiger partial charge in [-0.15, -0.1) is 0 Å². The number of hydrogen-bond donors (Lipinski definition) is 3. The Morgan fingerprint density at radius 2 is 1.79 bits per heavy atom. The minimum atomic E-state index is -4.13. The number of rotatable bonds is 13. The first-order chi connectivity index (χ1) is 20.3. The number of carbonyl (C=O) groups is 1. The molecule has 0 spiro atoms. The predicted octanol–water partition coefficient (Wildman–Crippen LogP) is 4.96. The smallest absolute Gasteiger partial charge is 0.265 e. The Balaban J connectivity index is 1.73. The van der Waals surface area contributed by atoms with Gasteiger partial charge in [0.25, 0.3) is 25.2 Å². The van der Waals surface area contributed by atoms with E-state index in [0.717, 1.165) is 36.4 Å². The molecular formula is C28H34N3O8S4+. The van der Waals surface area contributed by atoms with E-state index < -0.39 is 20.2 Å². The van der Waals surface area contributed by atoms with E-state index in [0.29, 0.717) is 30.9 Å². The molecule has 0 fully saturated rings. The van der Waals surface area contributed by atoms with Crippen LogP contribution in [0.2, 0.25) is 0 Å². The van der Waals surface area contributed by atoms with Crippen LogP contribution in [0, 0.1) is 0 Å². The molecular weight excluding hydrogens is 635 g/mol. The maximum atomic E-state index is 11.6. The van der Waals surface area contributed by atoms with Crippen molar-refractivity contribution < 1.29 is 40.0 Å². The zero-order valence-corrected chi connectivity index (χ0v) is 27.2. The first-order valence-corrected chi connectivity index (χ1v) is 18.3. The van der Waals surface area contributed by atoms with Crippen molar-refractivity contribution in [2.24, 2.45) is 0 Å². The lowest BCUT2D eigenvalue weighted by molar-refractivity contribution is -0.668. The van der Waals surface area contributed by atoms with Gasteiger partial charge in [-0.2, -0.15) is 21.4 Å². The number of anilines is 2. The molecule has 11 nitrogen and oxygen atoms in total. The van der Waals surface area contributed by atoms with Crippen LogP contribution in [-0.2, 0) is 31.6 Å². The van der Waals surface area contributed by atoms with Crippen molar-refractivity contribution in [1.29, 1.82) is 0 Å². The SMILES string of the molecule is CCC(/C=C1\Sc2ccc(NC(C)=O)cc2N1CCCS(=O)(=O)O)=C\c1sc2ccc(OC)cc2[n+]1CCCS(=O)(=O)O. The van der Waals surface area contributed by atoms with Crippen molar-refractivity contribution in [2.45, 2.75) is 44.6 Å². The van der Waals surface area contributed by atoms with Crippen LogP contribution < -0.4 is 19.5 Å². The number of aryl methyl sites for hydroxylation is 1. The molecule has 0 unspecified atom stereocenters. The van der Waals surface area contributed by atoms with Crippen LogP contribution in [0.15, 0.2) is 58.0 Å². The maximum Gasteiger partial charge on any atom is 0.265 e. The van der Waals surface area contributed by atoms with Crippen molar-refractivity contribution in [3.63, 3.8) is 0 Å². The van der Waals surface area contributed by atoms with Gasteiger partial charge in [-0.25, -0.2) is 0 Å². The highest BCUT2D eigenvalue weighted by atomic mass is 32.2. The number of amides is 1. The van der Waals surface area contributed by atoms with E-state index in [-0.39, 0.29) is 30.3 Å². The van der Waals surface area contributed by atoms with E-state index >= 15 is 0 Å². The Kier molecular flexibility index (Phi) is 10.6. The number of nitrogens with one attached hydrogen (secondary N) is 1. The van der Waals surface area contributed by atoms with Crippen LogP contribution in [-0.4, -0.2) is 57.0 Å². The quantitative estimate of drug-likeness (QED) is 0.168. The zero-order chi connectivity index (χ0) is 31.4. The Bertz CT molecular complexity index is 1800. The fourth-order valence-corrected chi connectivity index (χ4v) is 7.92. The summed E-state index contributed by atoms with van der Waals surface area (Å²) in [5, 5.41) is 4.53. The summed E-state index contributed by atoms with van der Waals surface area (Å²) >= 11 is 3.07. The zero-order valence-electron chi connectivity index (χ0n) is 23.9. The van der Waals surface area contributed by atoms with Crippen LogP contribution in [0.5, 0.6) is 5.75 Å². The van der Waals surface area contributed by atoms with Gasteiger partial charge >= 0.3 is 0 Å². The van der Waals surface area contributed by atoms with Crippen molar-refractivity contribution in [3.05, 3.63) is 58.1 Å². The predicted molar refractivity (Wildman–Crippen MR) is 171 cm³/mol. The molecule has 0 radical (unpaired) electrons. The van der Waals surface area contributed by atoms with Gasteiger partial charge in [-0.1, -0.05) is 30.0 Å². The minimum absolute atomic E-state index is 0.192. The van der Waals surface area contributed by atoms with Gasteiger partial charge in [-0.05, 0) is 54.8 Å². The van der Waals surface area contributed by atoms with E-state index in [1.807, 2.05) is 64.9 Å². The third-order valence-corrected chi connectivity index (χ3v) is 10.4. The second-order valence-corrected chi connectivity index (χ2v) is 15.1. The van der Waals surface area contributed by atoms with Crippen molar-refractivity contribution in [3.8, 4) is 5.75 Å².